The summed E-state index contributed by atoms with van der Waals surface area (Å²) in [4.78, 5) is 11.8. The molecule has 0 heterocycles. The summed E-state index contributed by atoms with van der Waals surface area (Å²) in [6, 6.07) is 3.27. The van der Waals surface area contributed by atoms with Gasteiger partial charge >= 0.3 is 0 Å². The van der Waals surface area contributed by atoms with E-state index in [0.29, 0.717) is 39.7 Å². The van der Waals surface area contributed by atoms with Crippen LogP contribution in [0.3, 0.4) is 0 Å². The highest BCUT2D eigenvalue weighted by molar-refractivity contribution is 6.40. The number of nitrogens with two attached hydrogens (primary N) is 1. The summed E-state index contributed by atoms with van der Waals surface area (Å²) in [5.41, 5.74) is 5.96. The van der Waals surface area contributed by atoms with Crippen LogP contribution in [0.25, 0.3) is 0 Å². The molecule has 3 N–H and O–H groups in total. The lowest BCUT2D eigenvalue weighted by atomic mass is 10.00. The minimum atomic E-state index is -0.000694. The highest BCUT2D eigenvalue weighted by atomic mass is 35.5. The Bertz CT molecular complexity index is 519. The van der Waals surface area contributed by atoms with Crippen molar-refractivity contribution in [2.75, 3.05) is 13.2 Å². The monoisotopic (exact) mass is 400 g/mol. The summed E-state index contributed by atoms with van der Waals surface area (Å²) in [7, 11) is 0. The summed E-state index contributed by atoms with van der Waals surface area (Å²) in [5.74, 6) is 0.667. The molecule has 0 radical (unpaired) electrons. The molecule has 2 rings (SSSR count). The molecule has 0 aliphatic heterocycles. The first-order valence-corrected chi connectivity index (χ1v) is 8.40. The number of halogens is 4. The maximum atomic E-state index is 11.8. The average molecular weight is 402 g/mol. The number of carbonyl (C=O) groups excluding carboxylic acids is 1. The van der Waals surface area contributed by atoms with Gasteiger partial charge < -0.3 is 15.8 Å². The molecule has 1 amide bonds. The van der Waals surface area contributed by atoms with Crippen LogP contribution in [0, 0.1) is 5.92 Å². The highest BCUT2D eigenvalue weighted by Gasteiger charge is 2.25. The van der Waals surface area contributed by atoms with E-state index < -0.39 is 0 Å². The van der Waals surface area contributed by atoms with Crippen molar-refractivity contribution in [3.8, 4) is 5.75 Å². The van der Waals surface area contributed by atoms with E-state index in [1.807, 2.05) is 0 Å². The molecule has 0 spiro atoms. The van der Waals surface area contributed by atoms with E-state index in [1.54, 1.807) is 12.1 Å². The Morgan fingerprint density at radius 3 is 2.48 bits per heavy atom. The van der Waals surface area contributed by atoms with Crippen LogP contribution in [0.2, 0.25) is 15.1 Å². The zero-order valence-electron chi connectivity index (χ0n) is 12.5. The van der Waals surface area contributed by atoms with Gasteiger partial charge in [0, 0.05) is 17.5 Å². The van der Waals surface area contributed by atoms with Gasteiger partial charge in [-0.05, 0) is 30.9 Å². The third-order valence-corrected chi connectivity index (χ3v) is 4.58. The van der Waals surface area contributed by atoms with Gasteiger partial charge in [-0.25, -0.2) is 0 Å². The van der Waals surface area contributed by atoms with Crippen molar-refractivity contribution in [3.05, 3.63) is 27.2 Å². The molecule has 0 aromatic heterocycles. The molecule has 1 aliphatic carbocycles. The molecule has 4 nitrogen and oxygen atoms in total. The van der Waals surface area contributed by atoms with E-state index in [-0.39, 0.29) is 31.0 Å². The minimum absolute atomic E-state index is 0. The van der Waals surface area contributed by atoms with Crippen molar-refractivity contribution >= 4 is 53.1 Å². The minimum Gasteiger partial charge on any atom is -0.489 e. The van der Waals surface area contributed by atoms with Gasteiger partial charge in [0.05, 0.1) is 16.6 Å². The number of nitrogens with one attached hydrogen (secondary N) is 1. The number of hydrogen-bond donors (Lipinski definition) is 2. The third-order valence-electron chi connectivity index (χ3n) is 3.80. The predicted octanol–water partition coefficient (Wildman–Crippen LogP) is 4.08. The van der Waals surface area contributed by atoms with Crippen molar-refractivity contribution in [2.45, 2.75) is 31.7 Å². The van der Waals surface area contributed by atoms with Gasteiger partial charge in [-0.15, -0.1) is 12.4 Å². The fourth-order valence-corrected chi connectivity index (χ4v) is 3.57. The summed E-state index contributed by atoms with van der Waals surface area (Å²) in [6.07, 6.45) is 3.62. The number of hydrogen-bond acceptors (Lipinski definition) is 3. The lowest BCUT2D eigenvalue weighted by Gasteiger charge is -2.15. The summed E-state index contributed by atoms with van der Waals surface area (Å²) in [6.45, 7) is 0.666. The molecule has 0 unspecified atom stereocenters. The van der Waals surface area contributed by atoms with E-state index in [2.05, 4.69) is 5.32 Å². The number of amides is 1. The molecule has 1 aromatic carbocycles. The van der Waals surface area contributed by atoms with E-state index in [9.17, 15) is 4.79 Å². The average Bonchev–Trinajstić information content (AvgIpc) is 2.82. The van der Waals surface area contributed by atoms with Crippen LogP contribution in [-0.2, 0) is 4.79 Å². The molecule has 1 aromatic rings. The molecule has 1 fully saturated rings. The molecule has 1 aliphatic rings. The molecular weight excluding hydrogens is 382 g/mol. The zero-order valence-corrected chi connectivity index (χ0v) is 15.6. The summed E-state index contributed by atoms with van der Waals surface area (Å²) < 4.78 is 5.50. The number of carbonyl (C=O) groups is 1. The maximum Gasteiger partial charge on any atom is 0.220 e. The van der Waals surface area contributed by atoms with Crippen LogP contribution in [0.15, 0.2) is 12.1 Å². The van der Waals surface area contributed by atoms with E-state index in [0.717, 1.165) is 19.3 Å². The van der Waals surface area contributed by atoms with Crippen molar-refractivity contribution < 1.29 is 9.53 Å². The number of ether oxygens (including phenoxy) is 1. The van der Waals surface area contributed by atoms with Gasteiger partial charge in [-0.3, -0.25) is 4.79 Å². The van der Waals surface area contributed by atoms with Crippen molar-refractivity contribution in [2.24, 2.45) is 11.7 Å². The second kappa shape index (κ2) is 9.80. The Labute approximate surface area is 157 Å². The molecule has 0 bridgehead atoms. The van der Waals surface area contributed by atoms with Crippen LogP contribution in [0.4, 0.5) is 0 Å². The summed E-state index contributed by atoms with van der Waals surface area (Å²) in [5, 5.41) is 3.96. The van der Waals surface area contributed by atoms with Crippen LogP contribution < -0.4 is 15.8 Å². The van der Waals surface area contributed by atoms with Crippen molar-refractivity contribution in [1.82, 2.24) is 5.32 Å². The smallest absolute Gasteiger partial charge is 0.220 e. The fourth-order valence-electron chi connectivity index (χ4n) is 2.64. The lowest BCUT2D eigenvalue weighted by molar-refractivity contribution is -0.122. The molecule has 130 valence electrons. The Morgan fingerprint density at radius 2 is 1.91 bits per heavy atom. The Hall–Kier alpha value is -0.390. The molecular formula is C15H20Cl4N2O2. The summed E-state index contributed by atoms with van der Waals surface area (Å²) >= 11 is 17.8. The predicted molar refractivity (Wildman–Crippen MR) is 97.2 cm³/mol. The van der Waals surface area contributed by atoms with Crippen LogP contribution in [-0.4, -0.2) is 25.1 Å². The van der Waals surface area contributed by atoms with E-state index in [4.69, 9.17) is 45.3 Å². The van der Waals surface area contributed by atoms with Gasteiger partial charge in [0.15, 0.2) is 5.75 Å². The Kier molecular flexibility index (Phi) is 8.80. The zero-order chi connectivity index (χ0) is 16.1. The van der Waals surface area contributed by atoms with E-state index >= 15 is 0 Å². The topological polar surface area (TPSA) is 64.4 Å². The molecule has 1 saturated carbocycles. The van der Waals surface area contributed by atoms with Gasteiger partial charge in [-0.2, -0.15) is 0 Å². The quantitative estimate of drug-likeness (QED) is 0.705. The lowest BCUT2D eigenvalue weighted by Crippen LogP contribution is -2.33. The van der Waals surface area contributed by atoms with Crippen LogP contribution in [0.1, 0.15) is 25.7 Å². The Balaban J connectivity index is 0.00000264. The highest BCUT2D eigenvalue weighted by Crippen LogP contribution is 2.35. The van der Waals surface area contributed by atoms with Gasteiger partial charge in [0.1, 0.15) is 6.61 Å². The van der Waals surface area contributed by atoms with Crippen molar-refractivity contribution in [1.29, 1.82) is 0 Å². The molecule has 2 atom stereocenters. The molecule has 0 saturated heterocycles. The SMILES string of the molecule is Cl.N[C@@H]1CCC[C@H]1CC(=O)NCCOc1c(Cl)cc(Cl)cc1Cl. The molecule has 23 heavy (non-hydrogen) atoms. The fraction of sp³-hybridized carbons (Fsp3) is 0.533. The van der Waals surface area contributed by atoms with E-state index in [1.165, 1.54) is 0 Å². The standard InChI is InChI=1S/C15H19Cl3N2O2.ClH/c16-10-7-11(17)15(12(18)8-10)22-5-4-20-14(21)6-9-2-1-3-13(9)19;/h7-9,13H,1-6,19H2,(H,20,21);1H/t9-,13+;/m0./s1. The maximum absolute atomic E-state index is 11.8. The van der Waals surface area contributed by atoms with Crippen LogP contribution in [0.5, 0.6) is 5.75 Å². The first-order valence-electron chi connectivity index (χ1n) is 7.27. The largest absolute Gasteiger partial charge is 0.489 e. The molecule has 8 heteroatoms. The van der Waals surface area contributed by atoms with Gasteiger partial charge in [-0.1, -0.05) is 41.2 Å². The first kappa shape index (κ1) is 20.7. The third kappa shape index (κ3) is 6.20. The second-order valence-electron chi connectivity index (χ2n) is 5.46. The first-order chi connectivity index (χ1) is 10.5. The van der Waals surface area contributed by atoms with Gasteiger partial charge in [0.2, 0.25) is 5.91 Å². The number of benzene rings is 1. The van der Waals surface area contributed by atoms with Crippen molar-refractivity contribution in [3.63, 3.8) is 0 Å². The number of rotatable bonds is 6. The van der Waals surface area contributed by atoms with Crippen LogP contribution >= 0.6 is 47.2 Å². The van der Waals surface area contributed by atoms with Gasteiger partial charge in [0.25, 0.3) is 0 Å². The normalized spacial score (nSPS) is 20.0. The Morgan fingerprint density at radius 1 is 1.26 bits per heavy atom. The second-order valence-corrected chi connectivity index (χ2v) is 6.71.